The summed E-state index contributed by atoms with van der Waals surface area (Å²) in [6.45, 7) is 1.89. The zero-order chi connectivity index (χ0) is 15.6. The number of halogens is 1. The maximum atomic E-state index is 13.1. The molecule has 1 heterocycles. The zero-order valence-electron chi connectivity index (χ0n) is 12.7. The Morgan fingerprint density at radius 3 is 2.35 bits per heavy atom. The highest BCUT2D eigenvalue weighted by Crippen LogP contribution is 2.32. The van der Waals surface area contributed by atoms with Crippen molar-refractivity contribution < 1.29 is 9.13 Å². The third kappa shape index (κ3) is 2.92. The van der Waals surface area contributed by atoms with Crippen LogP contribution in [0, 0.1) is 11.7 Å². The Hall–Kier alpha value is -2.39. The lowest BCUT2D eigenvalue weighted by Crippen LogP contribution is -2.46. The van der Waals surface area contributed by atoms with Crippen LogP contribution in [0.25, 0.3) is 10.8 Å². The first kappa shape index (κ1) is 14.2. The average Bonchev–Trinajstić information content (AvgIpc) is 2.54. The van der Waals surface area contributed by atoms with Crippen molar-refractivity contribution >= 4 is 10.8 Å². The quantitative estimate of drug-likeness (QED) is 0.775. The van der Waals surface area contributed by atoms with E-state index in [4.69, 9.17) is 4.74 Å². The first-order valence-corrected chi connectivity index (χ1v) is 7.91. The van der Waals surface area contributed by atoms with Gasteiger partial charge < -0.3 is 10.1 Å². The smallest absolute Gasteiger partial charge is 0.129 e. The van der Waals surface area contributed by atoms with Gasteiger partial charge in [-0.3, -0.25) is 0 Å². The van der Waals surface area contributed by atoms with Crippen molar-refractivity contribution in [3.8, 4) is 5.75 Å². The van der Waals surface area contributed by atoms with Gasteiger partial charge in [-0.2, -0.15) is 0 Å². The van der Waals surface area contributed by atoms with E-state index in [-0.39, 0.29) is 11.9 Å². The number of fused-ring (bicyclic) bond motifs is 1. The standard InChI is InChI=1S/C20H18FNO/c21-18-7-9-19(10-8-18)23-20(17-12-22-13-17)16-6-5-14-3-1-2-4-15(14)11-16/h1-11,17,20,22H,12-13H2. The summed E-state index contributed by atoms with van der Waals surface area (Å²) in [4.78, 5) is 0. The highest BCUT2D eigenvalue weighted by Gasteiger charge is 2.30. The first-order chi connectivity index (χ1) is 11.3. The number of hydrogen-bond donors (Lipinski definition) is 1. The molecule has 3 aromatic carbocycles. The summed E-state index contributed by atoms with van der Waals surface area (Å²) in [7, 11) is 0. The van der Waals surface area contributed by atoms with Crippen LogP contribution in [0.4, 0.5) is 4.39 Å². The molecule has 1 unspecified atom stereocenters. The van der Waals surface area contributed by atoms with E-state index in [1.165, 1.54) is 28.5 Å². The Bertz CT molecular complexity index is 811. The molecule has 3 heteroatoms. The van der Waals surface area contributed by atoms with E-state index in [1.54, 1.807) is 12.1 Å². The van der Waals surface area contributed by atoms with Crippen LogP contribution in [0.15, 0.2) is 66.7 Å². The van der Waals surface area contributed by atoms with Gasteiger partial charge in [0.15, 0.2) is 0 Å². The highest BCUT2D eigenvalue weighted by molar-refractivity contribution is 5.83. The van der Waals surface area contributed by atoms with Crippen LogP contribution in [0.1, 0.15) is 11.7 Å². The van der Waals surface area contributed by atoms with Gasteiger partial charge in [-0.15, -0.1) is 0 Å². The molecule has 3 aromatic rings. The van der Waals surface area contributed by atoms with Crippen molar-refractivity contribution in [1.82, 2.24) is 5.32 Å². The largest absolute Gasteiger partial charge is 0.485 e. The minimum Gasteiger partial charge on any atom is -0.485 e. The van der Waals surface area contributed by atoms with Gasteiger partial charge in [0.1, 0.15) is 17.7 Å². The van der Waals surface area contributed by atoms with Gasteiger partial charge >= 0.3 is 0 Å². The molecule has 0 saturated carbocycles. The number of benzene rings is 3. The molecule has 1 aliphatic rings. The van der Waals surface area contributed by atoms with Crippen LogP contribution in [0.3, 0.4) is 0 Å². The van der Waals surface area contributed by atoms with Crippen LogP contribution in [-0.4, -0.2) is 13.1 Å². The molecule has 1 aliphatic heterocycles. The van der Waals surface area contributed by atoms with Crippen LogP contribution in [0.5, 0.6) is 5.75 Å². The lowest BCUT2D eigenvalue weighted by atomic mass is 9.89. The summed E-state index contributed by atoms with van der Waals surface area (Å²) in [6, 6.07) is 21.0. The summed E-state index contributed by atoms with van der Waals surface area (Å²) in [6.07, 6.45) is -0.0219. The van der Waals surface area contributed by atoms with Crippen LogP contribution >= 0.6 is 0 Å². The molecule has 1 atom stereocenters. The van der Waals surface area contributed by atoms with Crippen LogP contribution in [0.2, 0.25) is 0 Å². The number of rotatable bonds is 4. The summed E-state index contributed by atoms with van der Waals surface area (Å²) >= 11 is 0. The minimum atomic E-state index is -0.245. The van der Waals surface area contributed by atoms with Gasteiger partial charge in [-0.1, -0.05) is 36.4 Å². The molecule has 116 valence electrons. The van der Waals surface area contributed by atoms with E-state index in [1.807, 2.05) is 12.1 Å². The summed E-state index contributed by atoms with van der Waals surface area (Å²) in [5.74, 6) is 0.891. The molecule has 0 spiro atoms. The van der Waals surface area contributed by atoms with Crippen molar-refractivity contribution in [3.63, 3.8) is 0 Å². The van der Waals surface area contributed by atoms with Crippen LogP contribution < -0.4 is 10.1 Å². The Balaban J connectivity index is 1.67. The molecule has 1 fully saturated rings. The summed E-state index contributed by atoms with van der Waals surface area (Å²) in [5.41, 5.74) is 1.17. The van der Waals surface area contributed by atoms with Crippen molar-refractivity contribution in [2.75, 3.05) is 13.1 Å². The SMILES string of the molecule is Fc1ccc(OC(c2ccc3ccccc3c2)C2CNC2)cc1. The van der Waals surface area contributed by atoms with Gasteiger partial charge in [0.25, 0.3) is 0 Å². The maximum Gasteiger partial charge on any atom is 0.129 e. The van der Waals surface area contributed by atoms with Gasteiger partial charge in [0, 0.05) is 19.0 Å². The summed E-state index contributed by atoms with van der Waals surface area (Å²) < 4.78 is 19.3. The molecular weight excluding hydrogens is 289 g/mol. The van der Waals surface area contributed by atoms with Crippen molar-refractivity contribution in [3.05, 3.63) is 78.1 Å². The second kappa shape index (κ2) is 6.01. The molecule has 4 rings (SSSR count). The lowest BCUT2D eigenvalue weighted by molar-refractivity contribution is 0.0993. The van der Waals surface area contributed by atoms with E-state index in [2.05, 4.69) is 35.6 Å². The van der Waals surface area contributed by atoms with Gasteiger partial charge in [0.2, 0.25) is 0 Å². The fourth-order valence-electron chi connectivity index (χ4n) is 3.01. The van der Waals surface area contributed by atoms with E-state index < -0.39 is 0 Å². The zero-order valence-corrected chi connectivity index (χ0v) is 12.7. The highest BCUT2D eigenvalue weighted by atomic mass is 19.1. The third-order valence-corrected chi connectivity index (χ3v) is 4.42. The second-order valence-corrected chi connectivity index (χ2v) is 6.02. The van der Waals surface area contributed by atoms with E-state index in [0.29, 0.717) is 11.7 Å². The van der Waals surface area contributed by atoms with E-state index in [9.17, 15) is 4.39 Å². The number of ether oxygens (including phenoxy) is 1. The Kier molecular flexibility index (Phi) is 3.72. The van der Waals surface area contributed by atoms with Crippen molar-refractivity contribution in [2.24, 2.45) is 5.92 Å². The Labute approximate surface area is 134 Å². The number of nitrogens with one attached hydrogen (secondary N) is 1. The molecule has 23 heavy (non-hydrogen) atoms. The molecule has 1 N–H and O–H groups in total. The third-order valence-electron chi connectivity index (χ3n) is 4.42. The monoisotopic (exact) mass is 307 g/mol. The van der Waals surface area contributed by atoms with E-state index in [0.717, 1.165) is 13.1 Å². The predicted molar refractivity (Wildman–Crippen MR) is 90.1 cm³/mol. The predicted octanol–water partition coefficient (Wildman–Crippen LogP) is 4.32. The lowest BCUT2D eigenvalue weighted by Gasteiger charge is -2.35. The Morgan fingerprint density at radius 1 is 0.913 bits per heavy atom. The molecule has 0 amide bonds. The molecule has 0 bridgehead atoms. The minimum absolute atomic E-state index is 0.0219. The topological polar surface area (TPSA) is 21.3 Å². The van der Waals surface area contributed by atoms with Gasteiger partial charge in [0.05, 0.1) is 0 Å². The fourth-order valence-corrected chi connectivity index (χ4v) is 3.01. The molecule has 0 aliphatic carbocycles. The molecule has 0 aromatic heterocycles. The van der Waals surface area contributed by atoms with Gasteiger partial charge in [-0.25, -0.2) is 4.39 Å². The first-order valence-electron chi connectivity index (χ1n) is 7.91. The maximum absolute atomic E-state index is 13.1. The normalized spacial score (nSPS) is 16.0. The van der Waals surface area contributed by atoms with Crippen molar-refractivity contribution in [2.45, 2.75) is 6.10 Å². The van der Waals surface area contributed by atoms with Gasteiger partial charge in [-0.05, 0) is 46.7 Å². The molecular formula is C20H18FNO. The van der Waals surface area contributed by atoms with E-state index >= 15 is 0 Å². The van der Waals surface area contributed by atoms with Crippen molar-refractivity contribution in [1.29, 1.82) is 0 Å². The average molecular weight is 307 g/mol. The molecule has 1 saturated heterocycles. The van der Waals surface area contributed by atoms with Crippen LogP contribution in [-0.2, 0) is 0 Å². The summed E-state index contributed by atoms with van der Waals surface area (Å²) in [5, 5.41) is 5.74. The second-order valence-electron chi connectivity index (χ2n) is 6.02. The molecule has 2 nitrogen and oxygen atoms in total. The molecule has 0 radical (unpaired) electrons. The fraction of sp³-hybridized carbons (Fsp3) is 0.200. The Morgan fingerprint density at radius 2 is 1.65 bits per heavy atom. The number of hydrogen-bond acceptors (Lipinski definition) is 2.